The van der Waals surface area contributed by atoms with E-state index < -0.39 is 0 Å². The zero-order valence-electron chi connectivity index (χ0n) is 8.95. The van der Waals surface area contributed by atoms with E-state index in [0.29, 0.717) is 13.0 Å². The Morgan fingerprint density at radius 1 is 1.60 bits per heavy atom. The van der Waals surface area contributed by atoms with Crippen molar-refractivity contribution in [3.63, 3.8) is 0 Å². The van der Waals surface area contributed by atoms with Crippen molar-refractivity contribution in [1.82, 2.24) is 9.36 Å². The van der Waals surface area contributed by atoms with Gasteiger partial charge in [0.05, 0.1) is 13.5 Å². The Morgan fingerprint density at radius 2 is 2.40 bits per heavy atom. The lowest BCUT2D eigenvalue weighted by atomic mass is 10.3. The molecule has 0 aromatic carbocycles. The molecule has 5 nitrogen and oxygen atoms in total. The number of hydrogen-bond donors (Lipinski definition) is 1. The molecule has 1 aromatic heterocycles. The van der Waals surface area contributed by atoms with Gasteiger partial charge in [0.2, 0.25) is 5.13 Å². The van der Waals surface area contributed by atoms with Crippen LogP contribution in [0.4, 0.5) is 5.13 Å². The van der Waals surface area contributed by atoms with E-state index in [1.165, 1.54) is 18.6 Å². The van der Waals surface area contributed by atoms with Gasteiger partial charge in [0, 0.05) is 24.5 Å². The lowest BCUT2D eigenvalue weighted by molar-refractivity contribution is -0.140. The van der Waals surface area contributed by atoms with Crippen molar-refractivity contribution in [2.75, 3.05) is 19.0 Å². The van der Waals surface area contributed by atoms with E-state index in [9.17, 15) is 4.79 Å². The van der Waals surface area contributed by atoms with Gasteiger partial charge in [0.25, 0.3) is 0 Å². The largest absolute Gasteiger partial charge is 0.469 e. The van der Waals surface area contributed by atoms with Crippen molar-refractivity contribution in [2.24, 2.45) is 0 Å². The predicted molar refractivity (Wildman–Crippen MR) is 59.0 cm³/mol. The minimum Gasteiger partial charge on any atom is -0.469 e. The molecule has 0 aliphatic rings. The average Bonchev–Trinajstić information content (AvgIpc) is 2.66. The van der Waals surface area contributed by atoms with Crippen LogP contribution in [0.15, 0.2) is 0 Å². The molecule has 0 fully saturated rings. The van der Waals surface area contributed by atoms with E-state index in [1.807, 2.05) is 0 Å². The monoisotopic (exact) mass is 229 g/mol. The van der Waals surface area contributed by atoms with Crippen molar-refractivity contribution < 1.29 is 9.53 Å². The van der Waals surface area contributed by atoms with Crippen molar-refractivity contribution in [1.29, 1.82) is 0 Å². The molecular weight excluding hydrogens is 214 g/mol. The maximum Gasteiger partial charge on any atom is 0.307 e. The summed E-state index contributed by atoms with van der Waals surface area (Å²) in [5.74, 6) is 0.642. The Balaban J connectivity index is 2.28. The standard InChI is InChI=1S/C9H15N3O2S/c1-3-4-7-11-9(15-12-7)10-6-5-8(13)14-2/h3-6H2,1-2H3,(H,10,11,12). The molecule has 84 valence electrons. The first-order valence-electron chi connectivity index (χ1n) is 4.89. The molecule has 0 atom stereocenters. The Labute approximate surface area is 93.0 Å². The minimum absolute atomic E-state index is 0.221. The first kappa shape index (κ1) is 11.9. The number of methoxy groups -OCH3 is 1. The molecule has 0 aliphatic heterocycles. The highest BCUT2D eigenvalue weighted by molar-refractivity contribution is 7.09. The van der Waals surface area contributed by atoms with Gasteiger partial charge in [-0.3, -0.25) is 4.79 Å². The number of hydrogen-bond acceptors (Lipinski definition) is 6. The van der Waals surface area contributed by atoms with Crippen LogP contribution in [0.5, 0.6) is 0 Å². The van der Waals surface area contributed by atoms with Gasteiger partial charge in [0.1, 0.15) is 5.82 Å². The Kier molecular flexibility index (Phi) is 5.03. The van der Waals surface area contributed by atoms with E-state index in [0.717, 1.165) is 23.8 Å². The van der Waals surface area contributed by atoms with Gasteiger partial charge in [-0.2, -0.15) is 4.37 Å². The fraction of sp³-hybridized carbons (Fsp3) is 0.667. The molecule has 0 unspecified atom stereocenters. The summed E-state index contributed by atoms with van der Waals surface area (Å²) in [5, 5.41) is 3.80. The lowest BCUT2D eigenvalue weighted by Gasteiger charge is -1.99. The third-order valence-corrected chi connectivity index (χ3v) is 2.49. The number of ether oxygens (including phenoxy) is 1. The molecule has 0 bridgehead atoms. The number of rotatable bonds is 6. The van der Waals surface area contributed by atoms with Crippen LogP contribution < -0.4 is 5.32 Å². The second-order valence-electron chi connectivity index (χ2n) is 3.02. The number of aromatic nitrogens is 2. The zero-order valence-corrected chi connectivity index (χ0v) is 9.76. The molecule has 1 N–H and O–H groups in total. The third kappa shape index (κ3) is 4.24. The van der Waals surface area contributed by atoms with Gasteiger partial charge in [-0.05, 0) is 6.42 Å². The first-order chi connectivity index (χ1) is 7.26. The second-order valence-corrected chi connectivity index (χ2v) is 3.77. The normalized spacial score (nSPS) is 10.0. The van der Waals surface area contributed by atoms with Crippen LogP contribution >= 0.6 is 11.5 Å². The molecular formula is C9H15N3O2S. The zero-order chi connectivity index (χ0) is 11.1. The summed E-state index contributed by atoms with van der Waals surface area (Å²) in [5.41, 5.74) is 0. The SMILES string of the molecule is CCCc1nsc(NCCC(=O)OC)n1. The topological polar surface area (TPSA) is 64.1 Å². The van der Waals surface area contributed by atoms with Gasteiger partial charge < -0.3 is 10.1 Å². The van der Waals surface area contributed by atoms with Crippen LogP contribution in [-0.2, 0) is 16.0 Å². The van der Waals surface area contributed by atoms with Crippen LogP contribution in [0, 0.1) is 0 Å². The summed E-state index contributed by atoms with van der Waals surface area (Å²) < 4.78 is 8.70. The van der Waals surface area contributed by atoms with Crippen molar-refractivity contribution in [2.45, 2.75) is 26.2 Å². The third-order valence-electron chi connectivity index (χ3n) is 1.77. The van der Waals surface area contributed by atoms with E-state index in [4.69, 9.17) is 0 Å². The fourth-order valence-corrected chi connectivity index (χ4v) is 1.66. The average molecular weight is 229 g/mol. The minimum atomic E-state index is -0.221. The van der Waals surface area contributed by atoms with Crippen LogP contribution in [0.25, 0.3) is 0 Å². The second kappa shape index (κ2) is 6.34. The van der Waals surface area contributed by atoms with Gasteiger partial charge in [-0.1, -0.05) is 6.92 Å². The molecule has 0 saturated carbocycles. The van der Waals surface area contributed by atoms with Gasteiger partial charge >= 0.3 is 5.97 Å². The molecule has 6 heteroatoms. The summed E-state index contributed by atoms with van der Waals surface area (Å²) in [6, 6.07) is 0. The number of nitrogens with zero attached hydrogens (tertiary/aromatic N) is 2. The van der Waals surface area contributed by atoms with Gasteiger partial charge in [-0.25, -0.2) is 4.98 Å². The van der Waals surface area contributed by atoms with Gasteiger partial charge in [-0.15, -0.1) is 0 Å². The van der Waals surface area contributed by atoms with Crippen LogP contribution in [0.3, 0.4) is 0 Å². The van der Waals surface area contributed by atoms with E-state index >= 15 is 0 Å². The number of anilines is 1. The summed E-state index contributed by atoms with van der Waals surface area (Å²) in [6.45, 7) is 2.62. The summed E-state index contributed by atoms with van der Waals surface area (Å²) in [7, 11) is 1.38. The highest BCUT2D eigenvalue weighted by atomic mass is 32.1. The van der Waals surface area contributed by atoms with E-state index in [1.54, 1.807) is 0 Å². The maximum atomic E-state index is 10.8. The maximum absolute atomic E-state index is 10.8. The molecule has 15 heavy (non-hydrogen) atoms. The van der Waals surface area contributed by atoms with E-state index in [-0.39, 0.29) is 5.97 Å². The molecule has 0 amide bonds. The number of esters is 1. The molecule has 0 aliphatic carbocycles. The van der Waals surface area contributed by atoms with Crippen LogP contribution in [0.1, 0.15) is 25.6 Å². The summed E-state index contributed by atoms with van der Waals surface area (Å²) >= 11 is 1.32. The summed E-state index contributed by atoms with van der Waals surface area (Å²) in [6.07, 6.45) is 2.28. The number of carbonyl (C=O) groups is 1. The molecule has 1 rings (SSSR count). The number of aryl methyl sites for hydroxylation is 1. The molecule has 0 spiro atoms. The molecule has 0 saturated heterocycles. The lowest BCUT2D eigenvalue weighted by Crippen LogP contribution is -2.09. The molecule has 1 aromatic rings. The number of carbonyl (C=O) groups excluding carboxylic acids is 1. The smallest absolute Gasteiger partial charge is 0.307 e. The van der Waals surface area contributed by atoms with Gasteiger partial charge in [0.15, 0.2) is 0 Å². The van der Waals surface area contributed by atoms with E-state index in [2.05, 4.69) is 26.3 Å². The first-order valence-corrected chi connectivity index (χ1v) is 5.67. The Morgan fingerprint density at radius 3 is 3.07 bits per heavy atom. The molecule has 0 radical (unpaired) electrons. The predicted octanol–water partition coefficient (Wildman–Crippen LogP) is 1.47. The van der Waals surface area contributed by atoms with Crippen molar-refractivity contribution >= 4 is 22.6 Å². The highest BCUT2D eigenvalue weighted by Gasteiger charge is 2.04. The van der Waals surface area contributed by atoms with Crippen molar-refractivity contribution in [3.8, 4) is 0 Å². The fourth-order valence-electron chi connectivity index (χ4n) is 1.02. The van der Waals surface area contributed by atoms with Crippen LogP contribution in [-0.4, -0.2) is 29.0 Å². The molecule has 1 heterocycles. The van der Waals surface area contributed by atoms with Crippen molar-refractivity contribution in [3.05, 3.63) is 5.82 Å². The van der Waals surface area contributed by atoms with Crippen LogP contribution in [0.2, 0.25) is 0 Å². The Bertz CT molecular complexity index is 314. The highest BCUT2D eigenvalue weighted by Crippen LogP contribution is 2.11. The quantitative estimate of drug-likeness (QED) is 0.748. The number of nitrogens with one attached hydrogen (secondary N) is 1. The summed E-state index contributed by atoms with van der Waals surface area (Å²) in [4.78, 5) is 15.1. The Hall–Kier alpha value is -1.17.